The molecule has 1 nitrogen and oxygen atoms in total. The average molecular weight is 416 g/mol. The van der Waals surface area contributed by atoms with E-state index in [9.17, 15) is 22.0 Å². The molecule has 0 aromatic carbocycles. The molecule has 0 saturated heterocycles. The Morgan fingerprint density at radius 2 is 1.94 bits per heavy atom. The predicted molar refractivity (Wildman–Crippen MR) is 59.5 cm³/mol. The summed E-state index contributed by atoms with van der Waals surface area (Å²) in [4.78, 5) is 3.19. The standard InChI is InChI=1S/C8H4BrF5IN/c9-2-3-1-4(15)5(7(10)11)6(16-3)8(12,13)14/h1,7H,2H2. The highest BCUT2D eigenvalue weighted by Crippen LogP contribution is 2.37. The van der Waals surface area contributed by atoms with Crippen LogP contribution in [0.15, 0.2) is 6.07 Å². The number of pyridine rings is 1. The topological polar surface area (TPSA) is 12.9 Å². The first-order chi connectivity index (χ1) is 7.27. The monoisotopic (exact) mass is 415 g/mol. The summed E-state index contributed by atoms with van der Waals surface area (Å²) in [5.41, 5.74) is -2.50. The van der Waals surface area contributed by atoms with Crippen molar-refractivity contribution >= 4 is 38.5 Å². The molecule has 0 N–H and O–H groups in total. The fourth-order valence-electron chi connectivity index (χ4n) is 1.07. The van der Waals surface area contributed by atoms with Gasteiger partial charge in [0, 0.05) is 8.90 Å². The fourth-order valence-corrected chi connectivity index (χ4v) is 2.20. The highest BCUT2D eigenvalue weighted by atomic mass is 127. The van der Waals surface area contributed by atoms with Crippen LogP contribution in [0.4, 0.5) is 22.0 Å². The molecule has 0 amide bonds. The molecule has 1 aromatic heterocycles. The van der Waals surface area contributed by atoms with Gasteiger partial charge in [-0.3, -0.25) is 0 Å². The molecule has 0 radical (unpaired) electrons. The molecule has 0 saturated carbocycles. The van der Waals surface area contributed by atoms with Crippen molar-refractivity contribution < 1.29 is 22.0 Å². The Hall–Kier alpha value is 0.01000. The zero-order valence-corrected chi connectivity index (χ0v) is 11.2. The van der Waals surface area contributed by atoms with E-state index in [-0.39, 0.29) is 14.6 Å². The molecule has 0 fully saturated rings. The molecule has 0 aliphatic carbocycles. The van der Waals surface area contributed by atoms with Gasteiger partial charge in [-0.1, -0.05) is 15.9 Å². The highest BCUT2D eigenvalue weighted by molar-refractivity contribution is 14.1. The van der Waals surface area contributed by atoms with Crippen LogP contribution in [0.25, 0.3) is 0 Å². The molecule has 0 unspecified atom stereocenters. The van der Waals surface area contributed by atoms with Gasteiger partial charge in [-0.25, -0.2) is 13.8 Å². The van der Waals surface area contributed by atoms with E-state index < -0.39 is 23.9 Å². The van der Waals surface area contributed by atoms with Crippen molar-refractivity contribution in [1.29, 1.82) is 0 Å². The second-order valence-corrected chi connectivity index (χ2v) is 4.51. The number of nitrogens with zero attached hydrogens (tertiary/aromatic N) is 1. The molecular formula is C8H4BrF5IN. The minimum absolute atomic E-state index is 0.0705. The van der Waals surface area contributed by atoms with E-state index in [1.165, 1.54) is 28.7 Å². The lowest BCUT2D eigenvalue weighted by molar-refractivity contribution is -0.143. The Morgan fingerprint density at radius 3 is 2.31 bits per heavy atom. The van der Waals surface area contributed by atoms with E-state index in [4.69, 9.17) is 0 Å². The van der Waals surface area contributed by atoms with Crippen LogP contribution in [0.3, 0.4) is 0 Å². The van der Waals surface area contributed by atoms with Gasteiger partial charge >= 0.3 is 6.18 Å². The van der Waals surface area contributed by atoms with Crippen molar-refractivity contribution in [3.63, 3.8) is 0 Å². The third-order valence-electron chi connectivity index (χ3n) is 1.68. The largest absolute Gasteiger partial charge is 0.433 e. The highest BCUT2D eigenvalue weighted by Gasteiger charge is 2.39. The molecule has 90 valence electrons. The van der Waals surface area contributed by atoms with Crippen molar-refractivity contribution in [3.8, 4) is 0 Å². The maximum atomic E-state index is 12.5. The zero-order valence-electron chi connectivity index (χ0n) is 7.45. The van der Waals surface area contributed by atoms with Crippen LogP contribution in [0, 0.1) is 3.57 Å². The van der Waals surface area contributed by atoms with E-state index in [2.05, 4.69) is 20.9 Å². The third-order valence-corrected chi connectivity index (χ3v) is 3.15. The Bertz CT molecular complexity index is 393. The molecule has 0 spiro atoms. The summed E-state index contributed by atoms with van der Waals surface area (Å²) in [6.45, 7) is 0. The van der Waals surface area contributed by atoms with Crippen molar-refractivity contribution in [2.24, 2.45) is 0 Å². The number of halogens is 7. The molecule has 0 atom stereocenters. The summed E-state index contributed by atoms with van der Waals surface area (Å²) < 4.78 is 62.3. The van der Waals surface area contributed by atoms with E-state index >= 15 is 0 Å². The van der Waals surface area contributed by atoms with Crippen molar-refractivity contribution in [3.05, 3.63) is 26.6 Å². The first-order valence-corrected chi connectivity index (χ1v) is 6.08. The summed E-state index contributed by atoms with van der Waals surface area (Å²) in [6.07, 6.45) is -8.07. The Kier molecular flexibility index (Phi) is 4.49. The van der Waals surface area contributed by atoms with Gasteiger partial charge in [0.1, 0.15) is 0 Å². The van der Waals surface area contributed by atoms with Crippen molar-refractivity contribution in [1.82, 2.24) is 4.98 Å². The van der Waals surface area contributed by atoms with Gasteiger partial charge in [0.15, 0.2) is 5.69 Å². The van der Waals surface area contributed by atoms with E-state index in [0.717, 1.165) is 0 Å². The minimum atomic E-state index is -4.87. The molecule has 0 bridgehead atoms. The second kappa shape index (κ2) is 5.11. The Labute approximate surface area is 110 Å². The zero-order chi connectivity index (χ0) is 12.5. The lowest BCUT2D eigenvalue weighted by Gasteiger charge is -2.14. The lowest BCUT2D eigenvalue weighted by atomic mass is 10.1. The van der Waals surface area contributed by atoms with Crippen LogP contribution < -0.4 is 0 Å². The smallest absolute Gasteiger partial charge is 0.247 e. The van der Waals surface area contributed by atoms with Gasteiger partial charge < -0.3 is 0 Å². The predicted octanol–water partition coefficient (Wildman–Crippen LogP) is 4.54. The molecule has 0 aliphatic rings. The van der Waals surface area contributed by atoms with Gasteiger partial charge in [-0.05, 0) is 28.7 Å². The van der Waals surface area contributed by atoms with Gasteiger partial charge in [0.05, 0.1) is 11.3 Å². The molecule has 8 heteroatoms. The normalized spacial score (nSPS) is 12.2. The quantitative estimate of drug-likeness (QED) is 0.392. The van der Waals surface area contributed by atoms with E-state index in [1.54, 1.807) is 0 Å². The minimum Gasteiger partial charge on any atom is -0.247 e. The fraction of sp³-hybridized carbons (Fsp3) is 0.375. The molecule has 1 aromatic rings. The number of hydrogen-bond donors (Lipinski definition) is 0. The molecule has 0 aliphatic heterocycles. The van der Waals surface area contributed by atoms with Crippen molar-refractivity contribution in [2.45, 2.75) is 17.9 Å². The second-order valence-electron chi connectivity index (χ2n) is 2.79. The summed E-state index contributed by atoms with van der Waals surface area (Å²) in [5.74, 6) is 0. The van der Waals surface area contributed by atoms with Gasteiger partial charge in [0.25, 0.3) is 6.43 Å². The lowest BCUT2D eigenvalue weighted by Crippen LogP contribution is -2.15. The number of hydrogen-bond acceptors (Lipinski definition) is 1. The van der Waals surface area contributed by atoms with Crippen LogP contribution >= 0.6 is 38.5 Å². The third kappa shape index (κ3) is 3.02. The average Bonchev–Trinajstić information content (AvgIpc) is 2.14. The van der Waals surface area contributed by atoms with Gasteiger partial charge in [-0.2, -0.15) is 13.2 Å². The van der Waals surface area contributed by atoms with Crippen molar-refractivity contribution in [2.75, 3.05) is 0 Å². The summed E-state index contributed by atoms with van der Waals surface area (Å²) in [6, 6.07) is 1.20. The van der Waals surface area contributed by atoms with Gasteiger partial charge in [0.2, 0.25) is 0 Å². The number of alkyl halides is 6. The molecule has 1 rings (SSSR count). The first-order valence-electron chi connectivity index (χ1n) is 3.88. The summed E-state index contributed by atoms with van der Waals surface area (Å²) >= 11 is 4.38. The van der Waals surface area contributed by atoms with Crippen LogP contribution in [0.2, 0.25) is 0 Å². The van der Waals surface area contributed by atoms with E-state index in [0.29, 0.717) is 0 Å². The SMILES string of the molecule is FC(F)c1c(I)cc(CBr)nc1C(F)(F)F. The van der Waals surface area contributed by atoms with Crippen LogP contribution in [-0.4, -0.2) is 4.98 Å². The molecular weight excluding hydrogens is 412 g/mol. The summed E-state index contributed by atoms with van der Waals surface area (Å²) in [5, 5.41) is 0.0790. The first kappa shape index (κ1) is 14.1. The number of aromatic nitrogens is 1. The number of rotatable bonds is 2. The Morgan fingerprint density at radius 1 is 1.38 bits per heavy atom. The molecule has 16 heavy (non-hydrogen) atoms. The van der Waals surface area contributed by atoms with Crippen LogP contribution in [0.1, 0.15) is 23.4 Å². The maximum Gasteiger partial charge on any atom is 0.433 e. The molecule has 1 heterocycles. The van der Waals surface area contributed by atoms with E-state index in [1.807, 2.05) is 0 Å². The maximum absolute atomic E-state index is 12.5. The van der Waals surface area contributed by atoms with Crippen LogP contribution in [0.5, 0.6) is 0 Å². The van der Waals surface area contributed by atoms with Crippen LogP contribution in [-0.2, 0) is 11.5 Å². The van der Waals surface area contributed by atoms with Gasteiger partial charge in [-0.15, -0.1) is 0 Å². The summed E-state index contributed by atoms with van der Waals surface area (Å²) in [7, 11) is 0. The Balaban J connectivity index is 3.47.